The quantitative estimate of drug-likeness (QED) is 0.752. The highest BCUT2D eigenvalue weighted by atomic mass is 35.5. The molecule has 0 bridgehead atoms. The smallest absolute Gasteiger partial charge is 0.400 e. The molecule has 5 heteroatoms. The second kappa shape index (κ2) is 5.01. The van der Waals surface area contributed by atoms with E-state index in [-0.39, 0.29) is 41.8 Å². The third-order valence-electron chi connectivity index (χ3n) is 4.41. The molecule has 3 nitrogen and oxygen atoms in total. The van der Waals surface area contributed by atoms with E-state index in [0.717, 1.165) is 6.42 Å². The second-order valence-electron chi connectivity index (χ2n) is 8.21. The van der Waals surface area contributed by atoms with Gasteiger partial charge in [-0.05, 0) is 67.3 Å². The molecule has 0 spiro atoms. The summed E-state index contributed by atoms with van der Waals surface area (Å²) in [4.78, 5) is 0. The first-order valence-electron chi connectivity index (χ1n) is 7.20. The molecule has 1 fully saturated rings. The van der Waals surface area contributed by atoms with Crippen LogP contribution in [0.4, 0.5) is 0 Å². The highest BCUT2D eigenvalue weighted by Gasteiger charge is 2.53. The van der Waals surface area contributed by atoms with Crippen molar-refractivity contribution in [1.29, 1.82) is 0 Å². The first kappa shape index (κ1) is 18.0. The van der Waals surface area contributed by atoms with Crippen LogP contribution in [0.5, 0.6) is 0 Å². The largest absolute Gasteiger partial charge is 0.490 e. The fraction of sp³-hybridized carbons (Fsp3) is 0.867. The van der Waals surface area contributed by atoms with Crippen LogP contribution in [-0.4, -0.2) is 29.4 Å². The van der Waals surface area contributed by atoms with Gasteiger partial charge in [-0.25, -0.2) is 0 Å². The average molecular weight is 302 g/mol. The molecule has 0 saturated carbocycles. The molecule has 116 valence electrons. The zero-order valence-electron chi connectivity index (χ0n) is 14.1. The first-order valence-corrected chi connectivity index (χ1v) is 7.20. The molecular weight excluding hydrogens is 272 g/mol. The molecule has 1 saturated heterocycles. The van der Waals surface area contributed by atoms with Gasteiger partial charge in [-0.3, -0.25) is 0 Å². The van der Waals surface area contributed by atoms with E-state index in [1.165, 1.54) is 5.47 Å². The van der Waals surface area contributed by atoms with Crippen molar-refractivity contribution < 1.29 is 9.31 Å². The van der Waals surface area contributed by atoms with E-state index in [1.807, 2.05) is 0 Å². The SMILES string of the molecule is CC1(C)C=C(B2OC(C)(C)C(C)(C)O2)CC(C)(C)N1.Cl. The van der Waals surface area contributed by atoms with Gasteiger partial charge in [-0.2, -0.15) is 0 Å². The number of halogens is 1. The van der Waals surface area contributed by atoms with Crippen LogP contribution in [0.1, 0.15) is 61.8 Å². The number of hydrogen-bond donors (Lipinski definition) is 1. The van der Waals surface area contributed by atoms with E-state index in [1.54, 1.807) is 0 Å². The summed E-state index contributed by atoms with van der Waals surface area (Å²) in [6.45, 7) is 17.3. The third kappa shape index (κ3) is 3.41. The van der Waals surface area contributed by atoms with Crippen molar-refractivity contribution in [2.45, 2.75) is 84.1 Å². The van der Waals surface area contributed by atoms with Crippen molar-refractivity contribution in [2.24, 2.45) is 0 Å². The molecule has 0 aromatic rings. The monoisotopic (exact) mass is 301 g/mol. The Kier molecular flexibility index (Phi) is 4.52. The van der Waals surface area contributed by atoms with Crippen LogP contribution in [0.25, 0.3) is 0 Å². The highest BCUT2D eigenvalue weighted by molar-refractivity contribution is 6.54. The summed E-state index contributed by atoms with van der Waals surface area (Å²) in [5.74, 6) is 0. The zero-order chi connectivity index (χ0) is 14.7. The fourth-order valence-corrected chi connectivity index (χ4v) is 3.12. The zero-order valence-corrected chi connectivity index (χ0v) is 14.9. The Bertz CT molecular complexity index is 400. The van der Waals surface area contributed by atoms with Gasteiger partial charge in [0.25, 0.3) is 0 Å². The van der Waals surface area contributed by atoms with Crippen LogP contribution in [0.2, 0.25) is 0 Å². The Balaban J connectivity index is 0.00000200. The molecule has 2 aliphatic heterocycles. The van der Waals surface area contributed by atoms with Gasteiger partial charge in [0.15, 0.2) is 0 Å². The average Bonchev–Trinajstić information content (AvgIpc) is 2.30. The fourth-order valence-electron chi connectivity index (χ4n) is 3.12. The van der Waals surface area contributed by atoms with Gasteiger partial charge < -0.3 is 14.6 Å². The Labute approximate surface area is 130 Å². The third-order valence-corrected chi connectivity index (χ3v) is 4.41. The summed E-state index contributed by atoms with van der Waals surface area (Å²) in [5, 5.41) is 3.64. The molecule has 0 amide bonds. The minimum absolute atomic E-state index is 0. The molecule has 2 rings (SSSR count). The van der Waals surface area contributed by atoms with E-state index in [2.05, 4.69) is 66.8 Å². The maximum absolute atomic E-state index is 6.17. The number of hydrogen-bond acceptors (Lipinski definition) is 3. The minimum atomic E-state index is -0.266. The molecule has 2 aliphatic rings. The maximum Gasteiger partial charge on any atom is 0.490 e. The van der Waals surface area contributed by atoms with Gasteiger partial charge in [-0.15, -0.1) is 12.4 Å². The molecule has 0 unspecified atom stereocenters. The maximum atomic E-state index is 6.17. The van der Waals surface area contributed by atoms with Crippen LogP contribution in [0, 0.1) is 0 Å². The normalized spacial score (nSPS) is 29.6. The molecule has 0 aromatic heterocycles. The summed E-state index contributed by atoms with van der Waals surface area (Å²) in [6, 6.07) is 0. The van der Waals surface area contributed by atoms with Gasteiger partial charge in [0, 0.05) is 11.1 Å². The summed E-state index contributed by atoms with van der Waals surface area (Å²) < 4.78 is 12.3. The van der Waals surface area contributed by atoms with E-state index >= 15 is 0 Å². The van der Waals surface area contributed by atoms with E-state index in [0.29, 0.717) is 0 Å². The second-order valence-corrected chi connectivity index (χ2v) is 8.21. The van der Waals surface area contributed by atoms with E-state index < -0.39 is 0 Å². The summed E-state index contributed by atoms with van der Waals surface area (Å²) in [6.07, 6.45) is 3.22. The predicted molar refractivity (Wildman–Crippen MR) is 87.3 cm³/mol. The molecule has 0 aliphatic carbocycles. The van der Waals surface area contributed by atoms with Gasteiger partial charge in [-0.1, -0.05) is 6.08 Å². The lowest BCUT2D eigenvalue weighted by Gasteiger charge is -2.41. The van der Waals surface area contributed by atoms with Gasteiger partial charge in [0.2, 0.25) is 0 Å². The number of rotatable bonds is 1. The lowest BCUT2D eigenvalue weighted by atomic mass is 9.67. The Morgan fingerprint density at radius 2 is 1.40 bits per heavy atom. The molecular formula is C15H29BClNO2. The summed E-state index contributed by atoms with van der Waals surface area (Å²) in [7, 11) is -0.217. The van der Waals surface area contributed by atoms with Gasteiger partial charge in [0.1, 0.15) is 0 Å². The van der Waals surface area contributed by atoms with Crippen molar-refractivity contribution in [3.8, 4) is 0 Å². The van der Waals surface area contributed by atoms with E-state index in [9.17, 15) is 0 Å². The predicted octanol–water partition coefficient (Wildman–Crippen LogP) is 3.52. The van der Waals surface area contributed by atoms with Crippen molar-refractivity contribution in [2.75, 3.05) is 0 Å². The van der Waals surface area contributed by atoms with Crippen molar-refractivity contribution in [1.82, 2.24) is 5.32 Å². The van der Waals surface area contributed by atoms with Crippen molar-refractivity contribution in [3.63, 3.8) is 0 Å². The molecule has 1 N–H and O–H groups in total. The molecule has 0 aromatic carbocycles. The first-order chi connectivity index (χ1) is 8.34. The molecule has 0 atom stereocenters. The van der Waals surface area contributed by atoms with Crippen molar-refractivity contribution >= 4 is 19.5 Å². The Hall–Kier alpha value is -0.0251. The Morgan fingerprint density at radius 1 is 0.950 bits per heavy atom. The standard InChI is InChI=1S/C15H28BNO2.ClH/c1-12(2)9-11(10-13(3,4)17-12)16-18-14(5,6)15(7,8)19-16;/h9,17H,10H2,1-8H3;1H. The van der Waals surface area contributed by atoms with Crippen LogP contribution in [-0.2, 0) is 9.31 Å². The summed E-state index contributed by atoms with van der Waals surface area (Å²) >= 11 is 0. The van der Waals surface area contributed by atoms with Crippen LogP contribution in [0.3, 0.4) is 0 Å². The van der Waals surface area contributed by atoms with Crippen molar-refractivity contribution in [3.05, 3.63) is 11.5 Å². The molecule has 2 heterocycles. The lowest BCUT2D eigenvalue weighted by Crippen LogP contribution is -2.55. The molecule has 20 heavy (non-hydrogen) atoms. The topological polar surface area (TPSA) is 30.5 Å². The molecule has 0 radical (unpaired) electrons. The lowest BCUT2D eigenvalue weighted by molar-refractivity contribution is 0.00578. The van der Waals surface area contributed by atoms with Crippen LogP contribution >= 0.6 is 12.4 Å². The van der Waals surface area contributed by atoms with E-state index in [4.69, 9.17) is 9.31 Å². The highest BCUT2D eigenvalue weighted by Crippen LogP contribution is 2.41. The van der Waals surface area contributed by atoms with Gasteiger partial charge in [0.05, 0.1) is 11.2 Å². The summed E-state index contributed by atoms with van der Waals surface area (Å²) in [5.41, 5.74) is 0.764. The van der Waals surface area contributed by atoms with Crippen LogP contribution < -0.4 is 5.32 Å². The van der Waals surface area contributed by atoms with Gasteiger partial charge >= 0.3 is 7.12 Å². The minimum Gasteiger partial charge on any atom is -0.400 e. The Morgan fingerprint density at radius 3 is 1.80 bits per heavy atom. The van der Waals surface area contributed by atoms with Crippen LogP contribution in [0.15, 0.2) is 11.5 Å². The number of nitrogens with one attached hydrogen (secondary N) is 1.